The number of nitrogens with zero attached hydrogens (tertiary/aromatic N) is 2. The smallest absolute Gasteiger partial charge is 0.139 e. The van der Waals surface area contributed by atoms with Crippen LogP contribution in [-0.2, 0) is 11.5 Å². The molecule has 0 radical (unpaired) electrons. The van der Waals surface area contributed by atoms with Gasteiger partial charge in [0.15, 0.2) is 0 Å². The zero-order valence-corrected chi connectivity index (χ0v) is 12.5. The van der Waals surface area contributed by atoms with Crippen LogP contribution >= 0.6 is 15.9 Å². The number of hydrogen-bond acceptors (Lipinski definition) is 2. The zero-order chi connectivity index (χ0) is 11.5. The Morgan fingerprint density at radius 3 is 2.60 bits per heavy atom. The second-order valence-electron chi connectivity index (χ2n) is 4.95. The molecule has 0 aliphatic carbocycles. The topological polar surface area (TPSA) is 27.1 Å². The van der Waals surface area contributed by atoms with Crippen LogP contribution in [0.25, 0.3) is 0 Å². The van der Waals surface area contributed by atoms with E-state index in [1.54, 1.807) is 0 Å². The molecule has 86 valence electrons. The lowest BCUT2D eigenvalue weighted by Crippen LogP contribution is -2.22. The van der Waals surface area contributed by atoms with E-state index in [2.05, 4.69) is 40.7 Å². The Morgan fingerprint density at radius 1 is 1.47 bits per heavy atom. The van der Waals surface area contributed by atoms with E-state index in [-0.39, 0.29) is 0 Å². The minimum Gasteiger partial charge on any atom is -0.360 e. The van der Waals surface area contributed by atoms with E-state index in [0.29, 0.717) is 6.73 Å². The van der Waals surface area contributed by atoms with Crippen molar-refractivity contribution in [2.24, 2.45) is 0 Å². The minimum absolute atomic E-state index is 0.553. The summed E-state index contributed by atoms with van der Waals surface area (Å²) in [4.78, 5) is 0. The van der Waals surface area contributed by atoms with Crippen molar-refractivity contribution in [1.82, 2.24) is 9.78 Å². The minimum atomic E-state index is -0.965. The summed E-state index contributed by atoms with van der Waals surface area (Å²) in [5.41, 5.74) is 1.00. The Bertz CT molecular complexity index is 300. The summed E-state index contributed by atoms with van der Waals surface area (Å²) < 4.78 is 8.44. The molecule has 0 unspecified atom stereocenters. The average Bonchev–Trinajstić information content (AvgIpc) is 2.39. The largest absolute Gasteiger partial charge is 0.360 e. The Morgan fingerprint density at radius 2 is 2.13 bits per heavy atom. The predicted molar refractivity (Wildman–Crippen MR) is 68.8 cm³/mol. The van der Waals surface area contributed by atoms with E-state index in [9.17, 15) is 0 Å². The van der Waals surface area contributed by atoms with Gasteiger partial charge in [0.1, 0.15) is 6.73 Å². The molecule has 0 fully saturated rings. The molecule has 0 atom stereocenters. The van der Waals surface area contributed by atoms with Crippen LogP contribution in [0.5, 0.6) is 0 Å². The molecule has 0 spiro atoms. The van der Waals surface area contributed by atoms with Crippen LogP contribution in [0, 0.1) is 6.92 Å². The number of hydrogen-bond donors (Lipinski definition) is 0. The molecule has 5 heteroatoms. The summed E-state index contributed by atoms with van der Waals surface area (Å²) in [5, 5.41) is 4.30. The second-order valence-corrected chi connectivity index (χ2v) is 11.4. The van der Waals surface area contributed by atoms with Gasteiger partial charge in [0.05, 0.1) is 10.2 Å². The SMILES string of the molecule is Cc1nn(COCC[Si](C)(C)C)cc1Br. The first kappa shape index (κ1) is 12.9. The van der Waals surface area contributed by atoms with Crippen LogP contribution in [0.1, 0.15) is 5.69 Å². The first-order valence-corrected chi connectivity index (χ1v) is 9.66. The van der Waals surface area contributed by atoms with Crippen LogP contribution in [0.2, 0.25) is 25.7 Å². The molecule has 15 heavy (non-hydrogen) atoms. The highest BCUT2D eigenvalue weighted by molar-refractivity contribution is 9.10. The van der Waals surface area contributed by atoms with Gasteiger partial charge in [-0.05, 0) is 28.9 Å². The maximum absolute atomic E-state index is 5.58. The summed E-state index contributed by atoms with van der Waals surface area (Å²) in [6.07, 6.45) is 1.95. The van der Waals surface area contributed by atoms with Crippen molar-refractivity contribution in [1.29, 1.82) is 0 Å². The standard InChI is InChI=1S/C10H19BrN2OSi/c1-9-10(11)7-13(12-9)8-14-5-6-15(2,3)4/h7H,5-6,8H2,1-4H3. The lowest BCUT2D eigenvalue weighted by atomic mass is 10.5. The number of ether oxygens (including phenoxy) is 1. The fourth-order valence-electron chi connectivity index (χ4n) is 1.10. The molecule has 0 saturated carbocycles. The Hall–Kier alpha value is -0.133. The highest BCUT2D eigenvalue weighted by Crippen LogP contribution is 2.13. The fourth-order valence-corrected chi connectivity index (χ4v) is 2.17. The van der Waals surface area contributed by atoms with E-state index in [1.807, 2.05) is 17.8 Å². The lowest BCUT2D eigenvalue weighted by Gasteiger charge is -2.15. The van der Waals surface area contributed by atoms with Crippen molar-refractivity contribution in [3.05, 3.63) is 16.4 Å². The van der Waals surface area contributed by atoms with Gasteiger partial charge in [-0.25, -0.2) is 4.68 Å². The van der Waals surface area contributed by atoms with Crippen LogP contribution in [0.3, 0.4) is 0 Å². The molecular formula is C10H19BrN2OSi. The first-order chi connectivity index (χ1) is 6.88. The van der Waals surface area contributed by atoms with Gasteiger partial charge in [0.2, 0.25) is 0 Å². The van der Waals surface area contributed by atoms with E-state index in [1.165, 1.54) is 6.04 Å². The van der Waals surface area contributed by atoms with E-state index in [4.69, 9.17) is 4.74 Å². The molecule has 1 heterocycles. The van der Waals surface area contributed by atoms with Crippen molar-refractivity contribution in [2.75, 3.05) is 6.61 Å². The third kappa shape index (κ3) is 4.95. The quantitative estimate of drug-likeness (QED) is 0.615. The Kier molecular flexibility index (Phi) is 4.55. The van der Waals surface area contributed by atoms with Gasteiger partial charge < -0.3 is 4.74 Å². The first-order valence-electron chi connectivity index (χ1n) is 5.16. The summed E-state index contributed by atoms with van der Waals surface area (Å²) in [6, 6.07) is 1.20. The highest BCUT2D eigenvalue weighted by Gasteiger charge is 2.12. The van der Waals surface area contributed by atoms with Gasteiger partial charge in [-0.3, -0.25) is 0 Å². The van der Waals surface area contributed by atoms with E-state index >= 15 is 0 Å². The fraction of sp³-hybridized carbons (Fsp3) is 0.700. The lowest BCUT2D eigenvalue weighted by molar-refractivity contribution is 0.0783. The van der Waals surface area contributed by atoms with Crippen molar-refractivity contribution < 1.29 is 4.74 Å². The van der Waals surface area contributed by atoms with Crippen LogP contribution in [-0.4, -0.2) is 24.5 Å². The summed E-state index contributed by atoms with van der Waals surface area (Å²) >= 11 is 3.42. The third-order valence-electron chi connectivity index (χ3n) is 2.11. The monoisotopic (exact) mass is 290 g/mol. The van der Waals surface area contributed by atoms with Gasteiger partial charge >= 0.3 is 0 Å². The third-order valence-corrected chi connectivity index (χ3v) is 4.59. The van der Waals surface area contributed by atoms with Gasteiger partial charge in [0.25, 0.3) is 0 Å². The molecular weight excluding hydrogens is 272 g/mol. The summed E-state index contributed by atoms with van der Waals surface area (Å²) in [6.45, 7) is 10.4. The molecule has 0 aromatic carbocycles. The summed E-state index contributed by atoms with van der Waals surface area (Å²) in [5.74, 6) is 0. The molecule has 1 rings (SSSR count). The molecule has 0 bridgehead atoms. The average molecular weight is 291 g/mol. The maximum Gasteiger partial charge on any atom is 0.139 e. The van der Waals surface area contributed by atoms with Crippen molar-refractivity contribution in [3.63, 3.8) is 0 Å². The normalized spacial score (nSPS) is 12.1. The van der Waals surface area contributed by atoms with Crippen molar-refractivity contribution in [2.45, 2.75) is 39.3 Å². The number of aromatic nitrogens is 2. The van der Waals surface area contributed by atoms with Crippen LogP contribution in [0.15, 0.2) is 10.7 Å². The molecule has 0 saturated heterocycles. The van der Waals surface area contributed by atoms with Gasteiger partial charge in [0, 0.05) is 20.9 Å². The molecule has 0 aliphatic rings. The Labute approximate surface area is 101 Å². The molecule has 0 aliphatic heterocycles. The van der Waals surface area contributed by atoms with Gasteiger partial charge in [-0.2, -0.15) is 5.10 Å². The molecule has 3 nitrogen and oxygen atoms in total. The molecule has 1 aromatic heterocycles. The van der Waals surface area contributed by atoms with E-state index in [0.717, 1.165) is 16.8 Å². The number of rotatable bonds is 5. The van der Waals surface area contributed by atoms with Crippen LogP contribution in [0.4, 0.5) is 0 Å². The number of halogens is 1. The van der Waals surface area contributed by atoms with Crippen molar-refractivity contribution in [3.8, 4) is 0 Å². The van der Waals surface area contributed by atoms with Gasteiger partial charge in [-0.1, -0.05) is 19.6 Å². The van der Waals surface area contributed by atoms with Crippen LogP contribution < -0.4 is 0 Å². The predicted octanol–water partition coefficient (Wildman–Crippen LogP) is 3.27. The molecule has 0 amide bonds. The molecule has 0 N–H and O–H groups in total. The second kappa shape index (κ2) is 5.27. The van der Waals surface area contributed by atoms with Gasteiger partial charge in [-0.15, -0.1) is 0 Å². The van der Waals surface area contributed by atoms with Crippen molar-refractivity contribution >= 4 is 24.0 Å². The van der Waals surface area contributed by atoms with E-state index < -0.39 is 8.07 Å². The number of aryl methyl sites for hydroxylation is 1. The molecule has 1 aromatic rings. The summed E-state index contributed by atoms with van der Waals surface area (Å²) in [7, 11) is -0.965. The Balaban J connectivity index is 2.26. The zero-order valence-electron chi connectivity index (χ0n) is 9.88. The highest BCUT2D eigenvalue weighted by atomic mass is 79.9. The maximum atomic E-state index is 5.58.